The number of H-pyrrole nitrogens is 1. The van der Waals surface area contributed by atoms with Crippen molar-refractivity contribution >= 4 is 34.6 Å². The highest BCUT2D eigenvalue weighted by atomic mass is 19.1. The van der Waals surface area contributed by atoms with Gasteiger partial charge >= 0.3 is 5.97 Å². The second kappa shape index (κ2) is 16.0. The number of halogens is 1. The maximum atomic E-state index is 14.2. The molecule has 9 nitrogen and oxygen atoms in total. The van der Waals surface area contributed by atoms with E-state index in [9.17, 15) is 23.6 Å². The molecule has 0 radical (unpaired) electrons. The number of ether oxygens (including phenoxy) is 1. The van der Waals surface area contributed by atoms with E-state index in [2.05, 4.69) is 20.9 Å². The number of para-hydroxylation sites is 1. The standard InChI is InChI=1S/C42H37FN4O5/c1-52-41(51)37(26-38(48)47-42(30-13-5-2-6-14-30,31-15-7-3-8-16-31)32-17-9-4-10-18-32)46-40(50)36(45-39(49)28-21-23-33(43)24-22-28)25-29-27-44-35-20-12-11-19-34(29)35/h2-24,27,36-37,44H,25-26H2,1H3,(H,45,49)(H,46,50)(H,47,48)/t36-,37-/m0/s1. The number of rotatable bonds is 13. The number of benzene rings is 5. The molecule has 10 heteroatoms. The molecule has 1 aromatic heterocycles. The number of carbonyl (C=O) groups excluding carboxylic acids is 4. The van der Waals surface area contributed by atoms with Crippen LogP contribution in [0.3, 0.4) is 0 Å². The quantitative estimate of drug-likeness (QED) is 0.0896. The predicted molar refractivity (Wildman–Crippen MR) is 196 cm³/mol. The Labute approximate surface area is 300 Å². The second-order valence-electron chi connectivity index (χ2n) is 12.3. The van der Waals surface area contributed by atoms with E-state index in [1.54, 1.807) is 6.20 Å². The fourth-order valence-electron chi connectivity index (χ4n) is 6.41. The van der Waals surface area contributed by atoms with E-state index in [4.69, 9.17) is 4.74 Å². The number of nitrogens with one attached hydrogen (secondary N) is 4. The first kappa shape index (κ1) is 35.3. The molecule has 3 amide bonds. The Morgan fingerprint density at radius 2 is 1.23 bits per heavy atom. The van der Waals surface area contributed by atoms with Crippen LogP contribution in [-0.4, -0.2) is 47.9 Å². The first-order valence-corrected chi connectivity index (χ1v) is 16.8. The zero-order chi connectivity index (χ0) is 36.5. The number of methoxy groups -OCH3 is 1. The van der Waals surface area contributed by atoms with Crippen molar-refractivity contribution < 1.29 is 28.3 Å². The van der Waals surface area contributed by atoms with Crippen molar-refractivity contribution in [3.63, 3.8) is 0 Å². The maximum Gasteiger partial charge on any atom is 0.328 e. The molecule has 0 saturated carbocycles. The second-order valence-corrected chi connectivity index (χ2v) is 12.3. The number of hydrogen-bond acceptors (Lipinski definition) is 5. The lowest BCUT2D eigenvalue weighted by atomic mass is 9.77. The number of amides is 3. The minimum absolute atomic E-state index is 0.0437. The maximum absolute atomic E-state index is 14.2. The average molecular weight is 697 g/mol. The van der Waals surface area contributed by atoms with Gasteiger partial charge in [0.25, 0.3) is 5.91 Å². The van der Waals surface area contributed by atoms with Gasteiger partial charge in [-0.3, -0.25) is 14.4 Å². The topological polar surface area (TPSA) is 129 Å². The summed E-state index contributed by atoms with van der Waals surface area (Å²) in [7, 11) is 1.17. The summed E-state index contributed by atoms with van der Waals surface area (Å²) in [5, 5.41) is 9.46. The van der Waals surface area contributed by atoms with Gasteiger partial charge < -0.3 is 25.7 Å². The van der Waals surface area contributed by atoms with E-state index in [0.29, 0.717) is 0 Å². The third kappa shape index (κ3) is 7.76. The van der Waals surface area contributed by atoms with E-state index < -0.39 is 53.6 Å². The number of aromatic amines is 1. The summed E-state index contributed by atoms with van der Waals surface area (Å²) >= 11 is 0. The van der Waals surface area contributed by atoms with E-state index in [1.807, 2.05) is 115 Å². The molecule has 0 aliphatic carbocycles. The molecule has 0 fully saturated rings. The third-order valence-corrected chi connectivity index (χ3v) is 8.97. The van der Waals surface area contributed by atoms with Crippen molar-refractivity contribution in [1.82, 2.24) is 20.9 Å². The van der Waals surface area contributed by atoms with Gasteiger partial charge in [-0.15, -0.1) is 0 Å². The average Bonchev–Trinajstić information content (AvgIpc) is 3.59. The Kier molecular flexibility index (Phi) is 10.8. The monoisotopic (exact) mass is 696 g/mol. The van der Waals surface area contributed by atoms with Gasteiger partial charge in [0.2, 0.25) is 11.8 Å². The molecular formula is C42H37FN4O5. The summed E-state index contributed by atoms with van der Waals surface area (Å²) < 4.78 is 18.7. The van der Waals surface area contributed by atoms with E-state index in [-0.39, 0.29) is 12.0 Å². The predicted octanol–water partition coefficient (Wildman–Crippen LogP) is 5.80. The fourth-order valence-corrected chi connectivity index (χ4v) is 6.41. The number of aromatic nitrogens is 1. The molecule has 6 rings (SSSR count). The van der Waals surface area contributed by atoms with Gasteiger partial charge in [0, 0.05) is 29.1 Å². The Balaban J connectivity index is 1.30. The fraction of sp³-hybridized carbons (Fsp3) is 0.143. The molecule has 0 bridgehead atoms. The lowest BCUT2D eigenvalue weighted by molar-refractivity contribution is -0.147. The van der Waals surface area contributed by atoms with Crippen LogP contribution < -0.4 is 16.0 Å². The molecule has 262 valence electrons. The Bertz CT molecular complexity index is 2060. The normalized spacial score (nSPS) is 12.3. The lowest BCUT2D eigenvalue weighted by Crippen LogP contribution is -2.55. The number of hydrogen-bond donors (Lipinski definition) is 4. The first-order chi connectivity index (χ1) is 25.3. The summed E-state index contributed by atoms with van der Waals surface area (Å²) in [6.45, 7) is 0. The van der Waals surface area contributed by atoms with E-state index in [0.717, 1.165) is 45.3 Å². The van der Waals surface area contributed by atoms with Crippen LogP contribution >= 0.6 is 0 Å². The largest absolute Gasteiger partial charge is 0.467 e. The van der Waals surface area contributed by atoms with Crippen molar-refractivity contribution in [3.8, 4) is 0 Å². The van der Waals surface area contributed by atoms with Gasteiger partial charge in [0.15, 0.2) is 0 Å². The van der Waals surface area contributed by atoms with Crippen LogP contribution in [0.2, 0.25) is 0 Å². The molecule has 0 aliphatic rings. The third-order valence-electron chi connectivity index (χ3n) is 8.97. The molecule has 0 saturated heterocycles. The molecule has 0 aliphatic heterocycles. The Hall–Kier alpha value is -6.55. The summed E-state index contributed by atoms with van der Waals surface area (Å²) in [6.07, 6.45) is 1.32. The van der Waals surface area contributed by atoms with Gasteiger partial charge in [0.05, 0.1) is 13.5 Å². The van der Waals surface area contributed by atoms with Crippen LogP contribution in [0.15, 0.2) is 146 Å². The van der Waals surface area contributed by atoms with Crippen LogP contribution in [0.4, 0.5) is 4.39 Å². The molecule has 2 atom stereocenters. The van der Waals surface area contributed by atoms with Gasteiger partial charge in [-0.05, 0) is 52.6 Å². The number of esters is 1. The minimum Gasteiger partial charge on any atom is -0.467 e. The van der Waals surface area contributed by atoms with Gasteiger partial charge in [-0.1, -0.05) is 109 Å². The van der Waals surface area contributed by atoms with Crippen LogP contribution in [-0.2, 0) is 31.1 Å². The van der Waals surface area contributed by atoms with Crippen LogP contribution in [0.5, 0.6) is 0 Å². The van der Waals surface area contributed by atoms with Gasteiger partial charge in [-0.25, -0.2) is 9.18 Å². The SMILES string of the molecule is COC(=O)[C@H](CC(=O)NC(c1ccccc1)(c1ccccc1)c1ccccc1)NC(=O)[C@H](Cc1c[nH]c2ccccc12)NC(=O)c1ccc(F)cc1. The van der Waals surface area contributed by atoms with Crippen molar-refractivity contribution in [1.29, 1.82) is 0 Å². The summed E-state index contributed by atoms with van der Waals surface area (Å²) in [4.78, 5) is 57.9. The molecule has 1 heterocycles. The van der Waals surface area contributed by atoms with Crippen LogP contribution in [0.25, 0.3) is 10.9 Å². The molecule has 52 heavy (non-hydrogen) atoms. The van der Waals surface area contributed by atoms with Crippen molar-refractivity contribution in [3.05, 3.63) is 179 Å². The Morgan fingerprint density at radius 3 is 1.79 bits per heavy atom. The van der Waals surface area contributed by atoms with E-state index >= 15 is 0 Å². The van der Waals surface area contributed by atoms with Crippen LogP contribution in [0, 0.1) is 5.82 Å². The highest BCUT2D eigenvalue weighted by Crippen LogP contribution is 2.37. The minimum atomic E-state index is -1.41. The summed E-state index contributed by atoms with van der Waals surface area (Å²) in [6, 6.07) is 38.3. The molecule has 6 aromatic rings. The summed E-state index contributed by atoms with van der Waals surface area (Å²) in [5.74, 6) is -3.24. The van der Waals surface area contributed by atoms with Crippen molar-refractivity contribution in [2.45, 2.75) is 30.5 Å². The van der Waals surface area contributed by atoms with Crippen molar-refractivity contribution in [2.75, 3.05) is 7.11 Å². The number of carbonyl (C=O) groups is 4. The zero-order valence-electron chi connectivity index (χ0n) is 28.3. The van der Waals surface area contributed by atoms with Crippen LogP contribution in [0.1, 0.15) is 39.0 Å². The molecular weight excluding hydrogens is 659 g/mol. The molecule has 0 unspecified atom stereocenters. The lowest BCUT2D eigenvalue weighted by Gasteiger charge is -2.37. The van der Waals surface area contributed by atoms with E-state index in [1.165, 1.54) is 19.2 Å². The van der Waals surface area contributed by atoms with Gasteiger partial charge in [0.1, 0.15) is 23.4 Å². The smallest absolute Gasteiger partial charge is 0.328 e. The zero-order valence-corrected chi connectivity index (χ0v) is 28.3. The summed E-state index contributed by atoms with van der Waals surface area (Å²) in [5.41, 5.74) is 2.89. The highest BCUT2D eigenvalue weighted by Gasteiger charge is 2.39. The van der Waals surface area contributed by atoms with Crippen molar-refractivity contribution in [2.24, 2.45) is 0 Å². The molecule has 5 aromatic carbocycles. The Morgan fingerprint density at radius 1 is 0.692 bits per heavy atom. The molecule has 4 N–H and O–H groups in total. The number of fused-ring (bicyclic) bond motifs is 1. The molecule has 0 spiro atoms. The van der Waals surface area contributed by atoms with Gasteiger partial charge in [-0.2, -0.15) is 0 Å². The highest BCUT2D eigenvalue weighted by molar-refractivity contribution is 5.99. The first-order valence-electron chi connectivity index (χ1n) is 16.8.